The van der Waals surface area contributed by atoms with Gasteiger partial charge >= 0.3 is 0 Å². The summed E-state index contributed by atoms with van der Waals surface area (Å²) in [6.45, 7) is 0.274. The van der Waals surface area contributed by atoms with Gasteiger partial charge in [0.2, 0.25) is 18.6 Å². The van der Waals surface area contributed by atoms with Gasteiger partial charge in [0.05, 0.1) is 24.4 Å². The lowest BCUT2D eigenvalue weighted by molar-refractivity contribution is -0.142. The van der Waals surface area contributed by atoms with Gasteiger partial charge in [-0.3, -0.25) is 19.3 Å². The van der Waals surface area contributed by atoms with Gasteiger partial charge in [-0.1, -0.05) is 60.7 Å². The topological polar surface area (TPSA) is 76.1 Å². The Bertz CT molecular complexity index is 1450. The van der Waals surface area contributed by atoms with Crippen LogP contribution in [0, 0.1) is 11.8 Å². The van der Waals surface area contributed by atoms with E-state index in [-0.39, 0.29) is 37.0 Å². The zero-order valence-corrected chi connectivity index (χ0v) is 19.2. The molecular formula is C29H22N2O5. The summed E-state index contributed by atoms with van der Waals surface area (Å²) >= 11 is 0. The van der Waals surface area contributed by atoms with Crippen LogP contribution in [-0.2, 0) is 16.1 Å². The van der Waals surface area contributed by atoms with Crippen LogP contribution >= 0.6 is 0 Å². The summed E-state index contributed by atoms with van der Waals surface area (Å²) < 4.78 is 10.9. The predicted molar refractivity (Wildman–Crippen MR) is 130 cm³/mol. The number of carbonyl (C=O) groups is 3. The second-order valence-corrected chi connectivity index (χ2v) is 9.51. The lowest BCUT2D eigenvalue weighted by atomic mass is 9.83. The van der Waals surface area contributed by atoms with E-state index in [4.69, 9.17) is 9.47 Å². The second-order valence-electron chi connectivity index (χ2n) is 9.51. The van der Waals surface area contributed by atoms with Crippen molar-refractivity contribution in [3.63, 3.8) is 0 Å². The molecule has 7 heteroatoms. The Morgan fingerprint density at radius 2 is 1.61 bits per heavy atom. The van der Waals surface area contributed by atoms with E-state index in [1.165, 1.54) is 4.90 Å². The van der Waals surface area contributed by atoms with Gasteiger partial charge in [0, 0.05) is 11.8 Å². The molecule has 2 saturated heterocycles. The standard InChI is InChI=1S/C29H22N2O5/c32-27(19-7-2-1-3-8-19)26-24-23(25-20-9-5-4-6-18(20)12-13-30(25)26)28(33)31(29(24)34)15-17-10-11-21-22(14-17)36-16-35-21/h1-14,23-26H,15-16H2/t23-,24+,25-,26-/m0/s1. The molecule has 3 aromatic rings. The summed E-state index contributed by atoms with van der Waals surface area (Å²) in [4.78, 5) is 44.8. The van der Waals surface area contributed by atoms with E-state index < -0.39 is 17.9 Å². The van der Waals surface area contributed by atoms with E-state index >= 15 is 0 Å². The Morgan fingerprint density at radius 1 is 0.861 bits per heavy atom. The van der Waals surface area contributed by atoms with Crippen LogP contribution in [0.3, 0.4) is 0 Å². The molecule has 0 radical (unpaired) electrons. The highest BCUT2D eigenvalue weighted by Crippen LogP contribution is 2.53. The van der Waals surface area contributed by atoms with Gasteiger partial charge in [0.1, 0.15) is 6.04 Å². The van der Waals surface area contributed by atoms with Gasteiger partial charge in [-0.2, -0.15) is 0 Å². The maximum absolute atomic E-state index is 13.9. The highest BCUT2D eigenvalue weighted by atomic mass is 16.7. The molecule has 4 atom stereocenters. The van der Waals surface area contributed by atoms with Crippen molar-refractivity contribution >= 4 is 23.7 Å². The average molecular weight is 479 g/mol. The molecule has 4 aliphatic heterocycles. The van der Waals surface area contributed by atoms with Crippen LogP contribution in [0.4, 0.5) is 0 Å². The van der Waals surface area contributed by atoms with Crippen molar-refractivity contribution in [2.45, 2.75) is 18.6 Å². The molecule has 2 amide bonds. The van der Waals surface area contributed by atoms with Crippen molar-refractivity contribution in [3.8, 4) is 11.5 Å². The Balaban J connectivity index is 1.30. The Morgan fingerprint density at radius 3 is 2.47 bits per heavy atom. The first kappa shape index (κ1) is 20.9. The van der Waals surface area contributed by atoms with E-state index in [1.807, 2.05) is 65.7 Å². The molecule has 0 spiro atoms. The summed E-state index contributed by atoms with van der Waals surface area (Å²) in [7, 11) is 0. The van der Waals surface area contributed by atoms with Crippen molar-refractivity contribution in [3.05, 3.63) is 101 Å². The van der Waals surface area contributed by atoms with E-state index in [0.29, 0.717) is 17.1 Å². The fourth-order valence-electron chi connectivity index (χ4n) is 6.07. The zero-order valence-electron chi connectivity index (χ0n) is 19.2. The quantitative estimate of drug-likeness (QED) is 0.419. The lowest BCUT2D eigenvalue weighted by Crippen LogP contribution is -2.44. The summed E-state index contributed by atoms with van der Waals surface area (Å²) in [6.07, 6.45) is 3.83. The number of ketones is 1. The van der Waals surface area contributed by atoms with Crippen molar-refractivity contribution in [1.29, 1.82) is 0 Å². The van der Waals surface area contributed by atoms with Gasteiger partial charge in [-0.05, 0) is 34.9 Å². The van der Waals surface area contributed by atoms with E-state index in [2.05, 4.69) is 0 Å². The van der Waals surface area contributed by atoms with Gasteiger partial charge < -0.3 is 14.4 Å². The first-order chi connectivity index (χ1) is 17.6. The molecule has 0 aromatic heterocycles. The molecule has 0 N–H and O–H groups in total. The number of fused-ring (bicyclic) bond motifs is 6. The minimum Gasteiger partial charge on any atom is -0.454 e. The van der Waals surface area contributed by atoms with Crippen LogP contribution < -0.4 is 9.47 Å². The monoisotopic (exact) mass is 478 g/mol. The van der Waals surface area contributed by atoms with Crippen molar-refractivity contribution in [2.24, 2.45) is 11.8 Å². The molecule has 0 unspecified atom stereocenters. The van der Waals surface area contributed by atoms with Gasteiger partial charge in [-0.25, -0.2) is 0 Å². The first-order valence-electron chi connectivity index (χ1n) is 12.0. The molecule has 7 nitrogen and oxygen atoms in total. The number of hydrogen-bond acceptors (Lipinski definition) is 6. The second kappa shape index (κ2) is 7.81. The smallest absolute Gasteiger partial charge is 0.236 e. The number of imide groups is 1. The number of ether oxygens (including phenoxy) is 2. The first-order valence-corrected chi connectivity index (χ1v) is 12.0. The summed E-state index contributed by atoms with van der Waals surface area (Å²) in [6, 6.07) is 21.1. The molecule has 0 aliphatic carbocycles. The molecule has 0 bridgehead atoms. The minimum atomic E-state index is -0.764. The Labute approximate surface area is 207 Å². The van der Waals surface area contributed by atoms with E-state index in [9.17, 15) is 14.4 Å². The largest absolute Gasteiger partial charge is 0.454 e. The Kier molecular flexibility index (Phi) is 4.54. The van der Waals surface area contributed by atoms with Gasteiger partial charge in [0.25, 0.3) is 0 Å². The van der Waals surface area contributed by atoms with Gasteiger partial charge in [-0.15, -0.1) is 0 Å². The molecule has 36 heavy (non-hydrogen) atoms. The average Bonchev–Trinajstić information content (AvgIpc) is 3.59. The number of benzene rings is 3. The minimum absolute atomic E-state index is 0.123. The number of Topliss-reactive ketones (excluding diaryl/α,β-unsaturated/α-hetero) is 1. The lowest BCUT2D eigenvalue weighted by Gasteiger charge is -2.35. The Hall–Kier alpha value is -4.39. The molecule has 178 valence electrons. The molecular weight excluding hydrogens is 456 g/mol. The van der Waals surface area contributed by atoms with Crippen molar-refractivity contribution < 1.29 is 23.9 Å². The van der Waals surface area contributed by atoms with Crippen LogP contribution in [0.5, 0.6) is 11.5 Å². The molecule has 2 fully saturated rings. The number of nitrogens with zero attached hydrogens (tertiary/aromatic N) is 2. The van der Waals surface area contributed by atoms with Crippen molar-refractivity contribution in [2.75, 3.05) is 6.79 Å². The fraction of sp³-hybridized carbons (Fsp3) is 0.207. The molecule has 4 aliphatic rings. The van der Waals surface area contributed by atoms with Gasteiger partial charge in [0.15, 0.2) is 17.3 Å². The number of likely N-dealkylation sites (tertiary alicyclic amines) is 1. The number of hydrogen-bond donors (Lipinski definition) is 0. The van der Waals surface area contributed by atoms with Crippen LogP contribution in [0.2, 0.25) is 0 Å². The molecule has 4 heterocycles. The van der Waals surface area contributed by atoms with Crippen LogP contribution in [0.1, 0.15) is 33.1 Å². The number of carbonyl (C=O) groups excluding carboxylic acids is 3. The normalized spacial score (nSPS) is 25.1. The molecule has 7 rings (SSSR count). The summed E-state index contributed by atoms with van der Waals surface area (Å²) in [5.41, 5.74) is 3.26. The zero-order chi connectivity index (χ0) is 24.4. The number of amides is 2. The third kappa shape index (κ3) is 2.95. The SMILES string of the molecule is O=C(c1ccccc1)[C@@H]1[C@@H]2C(=O)N(Cc3ccc4c(c3)OCO4)C(=O)[C@@H]2[C@@H]2c3ccccc3C=CN12. The summed E-state index contributed by atoms with van der Waals surface area (Å²) in [5.74, 6) is -0.868. The van der Waals surface area contributed by atoms with Crippen LogP contribution in [0.15, 0.2) is 79.0 Å². The summed E-state index contributed by atoms with van der Waals surface area (Å²) in [5, 5.41) is 0. The third-order valence-corrected chi connectivity index (χ3v) is 7.66. The van der Waals surface area contributed by atoms with Crippen LogP contribution in [0.25, 0.3) is 6.08 Å². The van der Waals surface area contributed by atoms with Crippen molar-refractivity contribution in [1.82, 2.24) is 9.80 Å². The fourth-order valence-corrected chi connectivity index (χ4v) is 6.07. The highest BCUT2D eigenvalue weighted by molar-refractivity contribution is 6.12. The molecule has 0 saturated carbocycles. The maximum atomic E-state index is 13.9. The van der Waals surface area contributed by atoms with E-state index in [1.54, 1.807) is 24.3 Å². The van der Waals surface area contributed by atoms with Crippen LogP contribution in [-0.4, -0.2) is 40.2 Å². The third-order valence-electron chi connectivity index (χ3n) is 7.66. The highest BCUT2D eigenvalue weighted by Gasteiger charge is 2.64. The molecule has 3 aromatic carbocycles. The number of rotatable bonds is 4. The predicted octanol–water partition coefficient (Wildman–Crippen LogP) is 3.81. The maximum Gasteiger partial charge on any atom is 0.236 e. The van der Waals surface area contributed by atoms with E-state index in [0.717, 1.165) is 16.7 Å².